The Morgan fingerprint density at radius 1 is 1.05 bits per heavy atom. The minimum absolute atomic E-state index is 0.0541. The van der Waals surface area contributed by atoms with E-state index in [-0.39, 0.29) is 32.8 Å². The molecule has 2 heterocycles. The van der Waals surface area contributed by atoms with Crippen molar-refractivity contribution in [2.75, 3.05) is 7.11 Å². The third-order valence-electron chi connectivity index (χ3n) is 6.42. The Balaban J connectivity index is 1.88. The van der Waals surface area contributed by atoms with E-state index < -0.39 is 40.6 Å². The van der Waals surface area contributed by atoms with Crippen LogP contribution in [-0.2, 0) is 10.3 Å². The Bertz CT molecular complexity index is 1570. The van der Waals surface area contributed by atoms with E-state index in [9.17, 15) is 32.3 Å². The molecule has 0 saturated carbocycles. The van der Waals surface area contributed by atoms with Crippen LogP contribution >= 0.6 is 11.6 Å². The molecule has 4 rings (SSSR count). The number of nitrogens with zero attached hydrogens (tertiary/aromatic N) is 1. The second kappa shape index (κ2) is 9.64. The molecule has 5 nitrogen and oxygen atoms in total. The zero-order valence-corrected chi connectivity index (χ0v) is 20.3. The first-order chi connectivity index (χ1) is 17.4. The van der Waals surface area contributed by atoms with Gasteiger partial charge in [-0.25, -0.2) is 9.18 Å². The number of hydrogen-bond acceptors (Lipinski definition) is 4. The van der Waals surface area contributed by atoms with Gasteiger partial charge in [-0.05, 0) is 47.0 Å². The number of aromatic nitrogens is 1. The molecule has 0 bridgehead atoms. The fourth-order valence-electron chi connectivity index (χ4n) is 4.47. The highest BCUT2D eigenvalue weighted by Crippen LogP contribution is 2.51. The van der Waals surface area contributed by atoms with Crippen molar-refractivity contribution in [2.24, 2.45) is 0 Å². The van der Waals surface area contributed by atoms with Gasteiger partial charge in [0.25, 0.3) is 5.56 Å². The number of methoxy groups -OCH3 is 1. The van der Waals surface area contributed by atoms with Gasteiger partial charge in [-0.1, -0.05) is 48.9 Å². The van der Waals surface area contributed by atoms with E-state index in [0.717, 1.165) is 29.7 Å². The van der Waals surface area contributed by atoms with Crippen molar-refractivity contribution >= 4 is 23.1 Å². The minimum atomic E-state index is -5.16. The van der Waals surface area contributed by atoms with Crippen molar-refractivity contribution in [2.45, 2.75) is 24.6 Å². The molecule has 0 amide bonds. The summed E-state index contributed by atoms with van der Waals surface area (Å²) < 4.78 is 63.8. The number of esters is 1. The molecule has 37 heavy (non-hydrogen) atoms. The molecule has 2 aromatic carbocycles. The van der Waals surface area contributed by atoms with Crippen LogP contribution in [0.4, 0.5) is 17.6 Å². The molecule has 0 radical (unpaired) electrons. The van der Waals surface area contributed by atoms with Gasteiger partial charge < -0.3 is 9.84 Å². The first-order valence-corrected chi connectivity index (χ1v) is 11.4. The van der Waals surface area contributed by atoms with Gasteiger partial charge in [0.05, 0.1) is 12.6 Å². The molecular formula is C27H20ClF4NO4. The SMILES string of the molecule is COC(=O)c1c(F)cccc1-c1ccc(C(C)C(O)(c2ccc(=O)n3ccccc23)C(F)(F)F)c(Cl)c1. The molecule has 0 saturated heterocycles. The fourth-order valence-corrected chi connectivity index (χ4v) is 4.82. The normalized spacial score (nSPS) is 14.3. The number of halogens is 5. The van der Waals surface area contributed by atoms with E-state index in [1.54, 1.807) is 0 Å². The van der Waals surface area contributed by atoms with Gasteiger partial charge in [0.2, 0.25) is 0 Å². The Morgan fingerprint density at radius 3 is 2.43 bits per heavy atom. The highest BCUT2D eigenvalue weighted by molar-refractivity contribution is 6.31. The number of carbonyl (C=O) groups is 1. The van der Waals surface area contributed by atoms with Crippen LogP contribution in [0.15, 0.2) is 77.7 Å². The van der Waals surface area contributed by atoms with E-state index in [0.29, 0.717) is 0 Å². The second-order valence-corrected chi connectivity index (χ2v) is 8.82. The summed E-state index contributed by atoms with van der Waals surface area (Å²) >= 11 is 6.42. The third-order valence-corrected chi connectivity index (χ3v) is 6.74. The summed E-state index contributed by atoms with van der Waals surface area (Å²) in [6, 6.07) is 14.0. The number of aliphatic hydroxyl groups is 1. The average molecular weight is 534 g/mol. The van der Waals surface area contributed by atoms with Crippen molar-refractivity contribution in [3.05, 3.63) is 111 Å². The lowest BCUT2D eigenvalue weighted by molar-refractivity contribution is -0.274. The summed E-state index contributed by atoms with van der Waals surface area (Å²) in [5.74, 6) is -3.40. The van der Waals surface area contributed by atoms with Crippen LogP contribution < -0.4 is 5.56 Å². The third kappa shape index (κ3) is 4.38. The lowest BCUT2D eigenvalue weighted by atomic mass is 9.77. The number of ether oxygens (including phenoxy) is 1. The number of carbonyl (C=O) groups excluding carboxylic acids is 1. The standard InChI is InChI=1S/C27H20ClF4NO4/c1-15(26(36,27(30,31)32)19-11-12-23(34)33-13-4-3-8-22(19)33)17-10-9-16(14-20(17)28)18-6-5-7-21(29)24(18)25(35)37-2/h3-15,36H,1-2H3. The molecule has 2 unspecified atom stereocenters. The molecule has 2 aromatic heterocycles. The first kappa shape index (κ1) is 26.4. The van der Waals surface area contributed by atoms with Crippen molar-refractivity contribution in [3.8, 4) is 11.1 Å². The van der Waals surface area contributed by atoms with E-state index in [4.69, 9.17) is 11.6 Å². The molecule has 10 heteroatoms. The quantitative estimate of drug-likeness (QED) is 0.249. The smallest absolute Gasteiger partial charge is 0.422 e. The van der Waals surface area contributed by atoms with Crippen LogP contribution in [0.1, 0.15) is 34.3 Å². The summed E-state index contributed by atoms with van der Waals surface area (Å²) in [6.07, 6.45) is -3.86. The summed E-state index contributed by atoms with van der Waals surface area (Å²) in [5.41, 5.74) is -4.65. The maximum absolute atomic E-state index is 14.6. The van der Waals surface area contributed by atoms with Gasteiger partial charge in [-0.15, -0.1) is 0 Å². The molecule has 2 atom stereocenters. The van der Waals surface area contributed by atoms with Crippen LogP contribution in [0.2, 0.25) is 5.02 Å². The van der Waals surface area contributed by atoms with Crippen LogP contribution in [0.25, 0.3) is 16.6 Å². The van der Waals surface area contributed by atoms with Gasteiger partial charge in [0.15, 0.2) is 5.60 Å². The van der Waals surface area contributed by atoms with Crippen LogP contribution in [0, 0.1) is 5.82 Å². The zero-order chi connectivity index (χ0) is 27.1. The van der Waals surface area contributed by atoms with Gasteiger partial charge in [0, 0.05) is 28.8 Å². The van der Waals surface area contributed by atoms with Gasteiger partial charge in [0.1, 0.15) is 11.4 Å². The highest BCUT2D eigenvalue weighted by atomic mass is 35.5. The number of hydrogen-bond donors (Lipinski definition) is 1. The largest absolute Gasteiger partial charge is 0.465 e. The van der Waals surface area contributed by atoms with Gasteiger partial charge in [-0.3, -0.25) is 9.20 Å². The van der Waals surface area contributed by atoms with Crippen molar-refractivity contribution in [3.63, 3.8) is 0 Å². The first-order valence-electron chi connectivity index (χ1n) is 11.0. The topological polar surface area (TPSA) is 68.0 Å². The number of fused-ring (bicyclic) bond motifs is 1. The highest BCUT2D eigenvalue weighted by Gasteiger charge is 2.59. The van der Waals surface area contributed by atoms with E-state index in [1.807, 2.05) is 0 Å². The Kier molecular flexibility index (Phi) is 6.87. The van der Waals surface area contributed by atoms with E-state index in [2.05, 4.69) is 4.74 Å². The van der Waals surface area contributed by atoms with Crippen molar-refractivity contribution in [1.29, 1.82) is 0 Å². The number of rotatable bonds is 5. The maximum Gasteiger partial charge on any atom is 0.422 e. The number of alkyl halides is 3. The Morgan fingerprint density at radius 2 is 1.78 bits per heavy atom. The molecule has 0 aliphatic heterocycles. The molecule has 0 aliphatic carbocycles. The summed E-state index contributed by atoms with van der Waals surface area (Å²) in [6.45, 7) is 1.17. The van der Waals surface area contributed by atoms with Crippen molar-refractivity contribution in [1.82, 2.24) is 4.40 Å². The molecular weight excluding hydrogens is 514 g/mol. The average Bonchev–Trinajstić information content (AvgIpc) is 2.87. The lowest BCUT2D eigenvalue weighted by Crippen LogP contribution is -2.47. The molecule has 192 valence electrons. The number of pyridine rings is 2. The zero-order valence-electron chi connectivity index (χ0n) is 19.5. The maximum atomic E-state index is 14.6. The summed E-state index contributed by atoms with van der Waals surface area (Å²) in [7, 11) is 1.09. The predicted octanol–water partition coefficient (Wildman–Crippen LogP) is 6.10. The van der Waals surface area contributed by atoms with Crippen molar-refractivity contribution < 1.29 is 32.2 Å². The molecule has 4 aromatic rings. The molecule has 0 aliphatic rings. The summed E-state index contributed by atoms with van der Waals surface area (Å²) in [4.78, 5) is 24.4. The predicted molar refractivity (Wildman–Crippen MR) is 130 cm³/mol. The Hall–Kier alpha value is -3.69. The van der Waals surface area contributed by atoms with Gasteiger partial charge >= 0.3 is 12.1 Å². The van der Waals surface area contributed by atoms with Gasteiger partial charge in [-0.2, -0.15) is 13.2 Å². The lowest BCUT2D eigenvalue weighted by Gasteiger charge is -2.37. The van der Waals surface area contributed by atoms with E-state index >= 15 is 0 Å². The molecule has 0 spiro atoms. The Labute approximate surface area is 213 Å². The fraction of sp³-hybridized carbons (Fsp3) is 0.185. The second-order valence-electron chi connectivity index (χ2n) is 8.42. The monoisotopic (exact) mass is 533 g/mol. The van der Waals surface area contributed by atoms with E-state index in [1.165, 1.54) is 61.7 Å². The summed E-state index contributed by atoms with van der Waals surface area (Å²) in [5, 5.41) is 11.2. The van der Waals surface area contributed by atoms with Crippen LogP contribution in [0.5, 0.6) is 0 Å². The number of benzene rings is 2. The minimum Gasteiger partial charge on any atom is -0.465 e. The van der Waals surface area contributed by atoms with Crippen LogP contribution in [0.3, 0.4) is 0 Å². The molecule has 0 fully saturated rings. The van der Waals surface area contributed by atoms with Crippen LogP contribution in [-0.4, -0.2) is 28.8 Å². The molecule has 1 N–H and O–H groups in total.